The molecule has 1 saturated carbocycles. The van der Waals surface area contributed by atoms with Crippen LogP contribution in [-0.2, 0) is 11.3 Å². The standard InChI is InChI=1S/C13H19BrN2OS/c1-13(5-3-4-10(13)15)12(17)16(2)7-9-6-11(14)18-8-9/h6,8,10H,3-5,7,15H2,1-2H3. The number of carbonyl (C=O) groups excluding carboxylic acids is 1. The minimum atomic E-state index is -0.373. The van der Waals surface area contributed by atoms with Gasteiger partial charge in [-0.2, -0.15) is 0 Å². The fraction of sp³-hybridized carbons (Fsp3) is 0.615. The predicted molar refractivity (Wildman–Crippen MR) is 78.4 cm³/mol. The summed E-state index contributed by atoms with van der Waals surface area (Å²) in [7, 11) is 1.87. The zero-order valence-electron chi connectivity index (χ0n) is 10.8. The summed E-state index contributed by atoms with van der Waals surface area (Å²) in [5.41, 5.74) is 6.89. The first-order valence-electron chi connectivity index (χ1n) is 6.17. The number of nitrogens with zero attached hydrogens (tertiary/aromatic N) is 1. The molecule has 0 spiro atoms. The Morgan fingerprint density at radius 1 is 1.72 bits per heavy atom. The molecule has 2 N–H and O–H groups in total. The molecule has 1 heterocycles. The first-order chi connectivity index (χ1) is 8.43. The van der Waals surface area contributed by atoms with E-state index in [0.717, 1.165) is 28.6 Å². The number of rotatable bonds is 3. The van der Waals surface area contributed by atoms with Gasteiger partial charge in [-0.15, -0.1) is 11.3 Å². The lowest BCUT2D eigenvalue weighted by molar-refractivity contribution is -0.140. The molecule has 1 amide bonds. The Labute approximate surface area is 120 Å². The molecule has 0 bridgehead atoms. The third kappa shape index (κ3) is 2.63. The van der Waals surface area contributed by atoms with Gasteiger partial charge in [-0.1, -0.05) is 6.42 Å². The van der Waals surface area contributed by atoms with E-state index in [0.29, 0.717) is 6.54 Å². The highest BCUT2D eigenvalue weighted by atomic mass is 79.9. The van der Waals surface area contributed by atoms with Gasteiger partial charge in [0.25, 0.3) is 0 Å². The van der Waals surface area contributed by atoms with Gasteiger partial charge in [0.15, 0.2) is 0 Å². The molecule has 0 saturated heterocycles. The van der Waals surface area contributed by atoms with Gasteiger partial charge < -0.3 is 10.6 Å². The Balaban J connectivity index is 2.05. The fourth-order valence-corrected chi connectivity index (χ4v) is 3.87. The van der Waals surface area contributed by atoms with E-state index in [1.54, 1.807) is 16.2 Å². The number of nitrogens with two attached hydrogens (primary N) is 1. The lowest BCUT2D eigenvalue weighted by Gasteiger charge is -2.32. The molecule has 2 atom stereocenters. The summed E-state index contributed by atoms with van der Waals surface area (Å²) in [4.78, 5) is 14.3. The molecule has 5 heteroatoms. The Morgan fingerprint density at radius 2 is 2.44 bits per heavy atom. The summed E-state index contributed by atoms with van der Waals surface area (Å²) in [6.07, 6.45) is 2.92. The van der Waals surface area contributed by atoms with Crippen LogP contribution in [0.3, 0.4) is 0 Å². The van der Waals surface area contributed by atoms with E-state index in [1.165, 1.54) is 0 Å². The first-order valence-corrected chi connectivity index (χ1v) is 7.85. The summed E-state index contributed by atoms with van der Waals surface area (Å²) >= 11 is 5.08. The average molecular weight is 331 g/mol. The van der Waals surface area contributed by atoms with Crippen LogP contribution in [0.4, 0.5) is 0 Å². The molecule has 18 heavy (non-hydrogen) atoms. The largest absolute Gasteiger partial charge is 0.341 e. The second-order valence-electron chi connectivity index (χ2n) is 5.34. The van der Waals surface area contributed by atoms with Crippen molar-refractivity contribution in [1.82, 2.24) is 4.90 Å². The van der Waals surface area contributed by atoms with Crippen molar-refractivity contribution in [2.75, 3.05) is 7.05 Å². The number of halogens is 1. The van der Waals surface area contributed by atoms with Crippen molar-refractivity contribution in [2.45, 2.75) is 38.8 Å². The average Bonchev–Trinajstić information content (AvgIpc) is 2.86. The molecule has 1 aliphatic rings. The van der Waals surface area contributed by atoms with Crippen LogP contribution in [0.15, 0.2) is 15.2 Å². The normalized spacial score (nSPS) is 27.4. The third-order valence-corrected chi connectivity index (χ3v) is 5.46. The van der Waals surface area contributed by atoms with Gasteiger partial charge in [-0.05, 0) is 52.7 Å². The molecular formula is C13H19BrN2OS. The lowest BCUT2D eigenvalue weighted by atomic mass is 9.83. The quantitative estimate of drug-likeness (QED) is 0.925. The minimum absolute atomic E-state index is 0.00154. The van der Waals surface area contributed by atoms with Gasteiger partial charge in [0.05, 0.1) is 9.20 Å². The van der Waals surface area contributed by atoms with Crippen LogP contribution in [0.1, 0.15) is 31.7 Å². The summed E-state index contributed by atoms with van der Waals surface area (Å²) < 4.78 is 1.10. The van der Waals surface area contributed by atoms with Crippen molar-refractivity contribution in [3.63, 3.8) is 0 Å². The van der Waals surface area contributed by atoms with Crippen LogP contribution in [0.5, 0.6) is 0 Å². The van der Waals surface area contributed by atoms with Gasteiger partial charge in [0.1, 0.15) is 0 Å². The number of thiophene rings is 1. The highest BCUT2D eigenvalue weighted by Crippen LogP contribution is 2.38. The maximum atomic E-state index is 12.5. The van der Waals surface area contributed by atoms with Gasteiger partial charge in [0.2, 0.25) is 5.91 Å². The smallest absolute Gasteiger partial charge is 0.230 e. The van der Waals surface area contributed by atoms with Gasteiger partial charge >= 0.3 is 0 Å². The molecule has 100 valence electrons. The highest BCUT2D eigenvalue weighted by Gasteiger charge is 2.44. The van der Waals surface area contributed by atoms with Crippen LogP contribution < -0.4 is 5.73 Å². The Hall–Kier alpha value is -0.390. The Bertz CT molecular complexity index is 448. The molecule has 2 unspecified atom stereocenters. The van der Waals surface area contributed by atoms with Crippen molar-refractivity contribution in [3.05, 3.63) is 20.8 Å². The second kappa shape index (κ2) is 5.31. The summed E-state index contributed by atoms with van der Waals surface area (Å²) in [5, 5.41) is 2.07. The zero-order chi connectivity index (χ0) is 13.3. The van der Waals surface area contributed by atoms with Crippen LogP contribution >= 0.6 is 27.3 Å². The van der Waals surface area contributed by atoms with Crippen molar-refractivity contribution in [2.24, 2.45) is 11.1 Å². The SMILES string of the molecule is CN(Cc1csc(Br)c1)C(=O)C1(C)CCCC1N. The van der Waals surface area contributed by atoms with E-state index in [4.69, 9.17) is 5.73 Å². The summed E-state index contributed by atoms with van der Waals surface area (Å²) in [6.45, 7) is 2.66. The van der Waals surface area contributed by atoms with Crippen molar-refractivity contribution < 1.29 is 4.79 Å². The summed E-state index contributed by atoms with van der Waals surface area (Å²) in [5.74, 6) is 0.176. The monoisotopic (exact) mass is 330 g/mol. The van der Waals surface area contributed by atoms with Crippen LogP contribution in [0.2, 0.25) is 0 Å². The molecule has 1 aromatic rings. The topological polar surface area (TPSA) is 46.3 Å². The fourth-order valence-electron chi connectivity index (χ4n) is 2.67. The van der Waals surface area contributed by atoms with Gasteiger partial charge in [-0.3, -0.25) is 4.79 Å². The van der Waals surface area contributed by atoms with E-state index >= 15 is 0 Å². The third-order valence-electron chi connectivity index (χ3n) is 3.91. The minimum Gasteiger partial charge on any atom is -0.341 e. The molecule has 1 fully saturated rings. The van der Waals surface area contributed by atoms with E-state index in [9.17, 15) is 4.79 Å². The molecule has 2 rings (SSSR count). The van der Waals surface area contributed by atoms with Crippen molar-refractivity contribution in [1.29, 1.82) is 0 Å². The van der Waals surface area contributed by atoms with Crippen molar-refractivity contribution in [3.8, 4) is 0 Å². The van der Waals surface area contributed by atoms with Gasteiger partial charge in [0, 0.05) is 19.6 Å². The molecule has 0 radical (unpaired) electrons. The first kappa shape index (κ1) is 14.0. The molecule has 3 nitrogen and oxygen atoms in total. The molecule has 1 aliphatic carbocycles. The molecular weight excluding hydrogens is 312 g/mol. The van der Waals surface area contributed by atoms with E-state index in [-0.39, 0.29) is 17.4 Å². The number of hydrogen-bond acceptors (Lipinski definition) is 3. The second-order valence-corrected chi connectivity index (χ2v) is 7.63. The Morgan fingerprint density at radius 3 is 2.94 bits per heavy atom. The molecule has 0 aromatic carbocycles. The lowest BCUT2D eigenvalue weighted by Crippen LogP contribution is -2.47. The predicted octanol–water partition coefficient (Wildman–Crippen LogP) is 2.99. The zero-order valence-corrected chi connectivity index (χ0v) is 13.2. The molecule has 0 aliphatic heterocycles. The molecule has 1 aromatic heterocycles. The van der Waals surface area contributed by atoms with E-state index < -0.39 is 0 Å². The number of hydrogen-bond donors (Lipinski definition) is 1. The van der Waals surface area contributed by atoms with Crippen LogP contribution in [0, 0.1) is 5.41 Å². The highest BCUT2D eigenvalue weighted by molar-refractivity contribution is 9.11. The maximum Gasteiger partial charge on any atom is 0.230 e. The maximum absolute atomic E-state index is 12.5. The van der Waals surface area contributed by atoms with Gasteiger partial charge in [-0.25, -0.2) is 0 Å². The number of carbonyl (C=O) groups is 1. The van der Waals surface area contributed by atoms with E-state index in [1.807, 2.05) is 14.0 Å². The van der Waals surface area contributed by atoms with Crippen LogP contribution in [-0.4, -0.2) is 23.9 Å². The van der Waals surface area contributed by atoms with E-state index in [2.05, 4.69) is 27.4 Å². The summed E-state index contributed by atoms with van der Waals surface area (Å²) in [6, 6.07) is 2.06. The van der Waals surface area contributed by atoms with Crippen molar-refractivity contribution >= 4 is 33.2 Å². The van der Waals surface area contributed by atoms with Crippen LogP contribution in [0.25, 0.3) is 0 Å². The Kier molecular flexibility index (Phi) is 4.14. The number of amides is 1.